The van der Waals surface area contributed by atoms with Gasteiger partial charge in [0.25, 0.3) is 0 Å². The number of likely N-dealkylation sites (N-methyl/N-ethyl adjacent to an activating group) is 1. The van der Waals surface area contributed by atoms with Crippen LogP contribution in [0.4, 0.5) is 0 Å². The Labute approximate surface area is 137 Å². The van der Waals surface area contributed by atoms with Gasteiger partial charge in [0.1, 0.15) is 6.10 Å². The van der Waals surface area contributed by atoms with E-state index in [-0.39, 0.29) is 17.6 Å². The third-order valence-electron chi connectivity index (χ3n) is 7.05. The van der Waals surface area contributed by atoms with Crippen LogP contribution in [-0.2, 0) is 16.6 Å². The van der Waals surface area contributed by atoms with Crippen molar-refractivity contribution in [3.63, 3.8) is 0 Å². The van der Waals surface area contributed by atoms with E-state index in [1.165, 1.54) is 24.0 Å². The molecule has 2 fully saturated rings. The second kappa shape index (κ2) is 4.64. The molecule has 0 amide bonds. The minimum atomic E-state index is 0.132. The fraction of sp³-hybridized carbons (Fsp3) is 0.684. The van der Waals surface area contributed by atoms with Crippen LogP contribution in [0.3, 0.4) is 0 Å². The molecule has 2 aliphatic carbocycles. The lowest BCUT2D eigenvalue weighted by Crippen LogP contribution is -2.66. The zero-order valence-electron chi connectivity index (χ0n) is 14.2. The molecule has 2 heterocycles. The molecule has 1 saturated heterocycles. The van der Waals surface area contributed by atoms with Gasteiger partial charge in [-0.3, -0.25) is 0 Å². The van der Waals surface area contributed by atoms with Crippen LogP contribution < -0.4 is 9.47 Å². The highest BCUT2D eigenvalue weighted by Gasteiger charge is 2.65. The Morgan fingerprint density at radius 3 is 2.91 bits per heavy atom. The molecule has 5 atom stereocenters. The third-order valence-corrected chi connectivity index (χ3v) is 7.05. The van der Waals surface area contributed by atoms with Crippen LogP contribution in [0.25, 0.3) is 0 Å². The van der Waals surface area contributed by atoms with Gasteiger partial charge in [0.2, 0.25) is 0 Å². The van der Waals surface area contributed by atoms with Crippen molar-refractivity contribution < 1.29 is 14.2 Å². The van der Waals surface area contributed by atoms with Crippen LogP contribution in [0.15, 0.2) is 12.1 Å². The molecular weight excluding hydrogens is 290 g/mol. The molecule has 1 saturated carbocycles. The molecule has 4 heteroatoms. The SMILES string of the molecule is COc1ccc2c3c1O[C@H]1C(OC)CC[C@H]4[C@@H](C2)N(C)CC[C@]314. The number of benzene rings is 1. The van der Waals surface area contributed by atoms with Crippen molar-refractivity contribution in [2.24, 2.45) is 5.92 Å². The maximum atomic E-state index is 6.57. The molecule has 4 nitrogen and oxygen atoms in total. The molecule has 2 aliphatic heterocycles. The molecule has 1 unspecified atom stereocenters. The zero-order valence-corrected chi connectivity index (χ0v) is 14.2. The predicted molar refractivity (Wildman–Crippen MR) is 87.3 cm³/mol. The van der Waals surface area contributed by atoms with E-state index >= 15 is 0 Å². The summed E-state index contributed by atoms with van der Waals surface area (Å²) in [5, 5.41) is 0. The largest absolute Gasteiger partial charge is 0.493 e. The summed E-state index contributed by atoms with van der Waals surface area (Å²) in [7, 11) is 5.87. The Morgan fingerprint density at radius 1 is 1.26 bits per heavy atom. The van der Waals surface area contributed by atoms with E-state index in [4.69, 9.17) is 14.2 Å². The van der Waals surface area contributed by atoms with Gasteiger partial charge in [-0.15, -0.1) is 0 Å². The monoisotopic (exact) mass is 315 g/mol. The van der Waals surface area contributed by atoms with Gasteiger partial charge in [-0.05, 0) is 56.8 Å². The number of likely N-dealkylation sites (tertiary alicyclic amines) is 1. The van der Waals surface area contributed by atoms with E-state index in [1.807, 2.05) is 7.11 Å². The van der Waals surface area contributed by atoms with E-state index in [0.717, 1.165) is 30.9 Å². The van der Waals surface area contributed by atoms with Crippen molar-refractivity contribution >= 4 is 0 Å². The Morgan fingerprint density at radius 2 is 2.13 bits per heavy atom. The minimum absolute atomic E-state index is 0.132. The lowest BCUT2D eigenvalue weighted by Gasteiger charge is -2.58. The fourth-order valence-electron chi connectivity index (χ4n) is 6.08. The first-order valence-electron chi connectivity index (χ1n) is 8.80. The number of ether oxygens (including phenoxy) is 3. The maximum absolute atomic E-state index is 6.57. The van der Waals surface area contributed by atoms with Crippen LogP contribution in [0.2, 0.25) is 0 Å². The lowest BCUT2D eigenvalue weighted by atomic mass is 9.51. The van der Waals surface area contributed by atoms with Gasteiger partial charge in [-0.25, -0.2) is 0 Å². The normalized spacial score (nSPS) is 40.5. The van der Waals surface area contributed by atoms with Crippen LogP contribution in [0.5, 0.6) is 11.5 Å². The standard InChI is InChI=1S/C19H25NO3/c1-20-9-8-19-12-5-7-15(22-3)18(19)23-17-14(21-2)6-4-11(16(17)19)10-13(12)20/h4,6,12-13,15,18H,5,7-10H2,1-3H3/t12-,13+,15?,18-,19-/m0/s1. The fourth-order valence-corrected chi connectivity index (χ4v) is 6.08. The summed E-state index contributed by atoms with van der Waals surface area (Å²) in [5.41, 5.74) is 3.05. The van der Waals surface area contributed by atoms with Gasteiger partial charge in [0.15, 0.2) is 11.5 Å². The van der Waals surface area contributed by atoms with Crippen LogP contribution >= 0.6 is 0 Å². The van der Waals surface area contributed by atoms with Gasteiger partial charge < -0.3 is 19.1 Å². The van der Waals surface area contributed by atoms with Crippen molar-refractivity contribution in [1.29, 1.82) is 0 Å². The Bertz CT molecular complexity index is 660. The molecule has 5 rings (SSSR count). The van der Waals surface area contributed by atoms with Crippen LogP contribution in [0, 0.1) is 5.92 Å². The lowest BCUT2D eigenvalue weighted by molar-refractivity contribution is -0.111. The summed E-state index contributed by atoms with van der Waals surface area (Å²) in [5.74, 6) is 2.57. The van der Waals surface area contributed by atoms with E-state index in [9.17, 15) is 0 Å². The molecule has 124 valence electrons. The van der Waals surface area contributed by atoms with Crippen molar-refractivity contribution in [3.05, 3.63) is 23.3 Å². The van der Waals surface area contributed by atoms with E-state index < -0.39 is 0 Å². The summed E-state index contributed by atoms with van der Waals surface area (Å²) >= 11 is 0. The van der Waals surface area contributed by atoms with Crippen LogP contribution in [0.1, 0.15) is 30.4 Å². The topological polar surface area (TPSA) is 30.9 Å². The molecule has 2 bridgehead atoms. The molecule has 1 aromatic carbocycles. The van der Waals surface area contributed by atoms with Crippen molar-refractivity contribution in [1.82, 2.24) is 4.90 Å². The second-order valence-corrected chi connectivity index (χ2v) is 7.67. The second-order valence-electron chi connectivity index (χ2n) is 7.67. The quantitative estimate of drug-likeness (QED) is 0.838. The first kappa shape index (κ1) is 14.1. The first-order valence-corrected chi connectivity index (χ1v) is 8.80. The third kappa shape index (κ3) is 1.54. The van der Waals surface area contributed by atoms with Gasteiger partial charge in [-0.1, -0.05) is 6.07 Å². The van der Waals surface area contributed by atoms with Gasteiger partial charge in [0.05, 0.1) is 13.2 Å². The predicted octanol–water partition coefficient (Wildman–Crippen LogP) is 2.38. The highest BCUT2D eigenvalue weighted by Crippen LogP contribution is 2.63. The number of rotatable bonds is 2. The zero-order chi connectivity index (χ0) is 15.8. The molecule has 0 radical (unpaired) electrons. The molecular formula is C19H25NO3. The van der Waals surface area contributed by atoms with Crippen molar-refractivity contribution in [2.45, 2.75) is 49.3 Å². The van der Waals surface area contributed by atoms with E-state index in [1.54, 1.807) is 7.11 Å². The highest BCUT2D eigenvalue weighted by atomic mass is 16.6. The van der Waals surface area contributed by atoms with Crippen molar-refractivity contribution in [3.8, 4) is 11.5 Å². The molecule has 4 aliphatic rings. The van der Waals surface area contributed by atoms with E-state index in [2.05, 4.69) is 24.1 Å². The van der Waals surface area contributed by atoms with Crippen molar-refractivity contribution in [2.75, 3.05) is 27.8 Å². The number of hydrogen-bond acceptors (Lipinski definition) is 4. The summed E-state index contributed by atoms with van der Waals surface area (Å²) in [6.45, 7) is 1.15. The van der Waals surface area contributed by atoms with E-state index in [0.29, 0.717) is 12.0 Å². The Kier molecular flexibility index (Phi) is 2.85. The Balaban J connectivity index is 1.77. The molecule has 0 aromatic heterocycles. The average Bonchev–Trinajstić information content (AvgIpc) is 2.92. The molecule has 0 N–H and O–H groups in total. The molecule has 1 aromatic rings. The smallest absolute Gasteiger partial charge is 0.165 e. The minimum Gasteiger partial charge on any atom is -0.493 e. The summed E-state index contributed by atoms with van der Waals surface area (Å²) < 4.78 is 18.1. The summed E-state index contributed by atoms with van der Waals surface area (Å²) in [6.07, 6.45) is 4.99. The number of piperidine rings is 1. The van der Waals surface area contributed by atoms with Crippen LogP contribution in [-0.4, -0.2) is 51.0 Å². The average molecular weight is 315 g/mol. The van der Waals surface area contributed by atoms with Gasteiger partial charge in [0, 0.05) is 24.1 Å². The highest BCUT2D eigenvalue weighted by molar-refractivity contribution is 5.61. The van der Waals surface area contributed by atoms with Gasteiger partial charge >= 0.3 is 0 Å². The van der Waals surface area contributed by atoms with Gasteiger partial charge in [-0.2, -0.15) is 0 Å². The number of methoxy groups -OCH3 is 2. The molecule has 23 heavy (non-hydrogen) atoms. The maximum Gasteiger partial charge on any atom is 0.165 e. The summed E-state index contributed by atoms with van der Waals surface area (Å²) in [4.78, 5) is 2.57. The summed E-state index contributed by atoms with van der Waals surface area (Å²) in [6, 6.07) is 4.99. The number of nitrogens with zero attached hydrogens (tertiary/aromatic N) is 1. The molecule has 1 spiro atoms. The number of hydrogen-bond donors (Lipinski definition) is 0. The Hall–Kier alpha value is -1.26. The first-order chi connectivity index (χ1) is 11.2.